The van der Waals surface area contributed by atoms with Gasteiger partial charge in [0.15, 0.2) is 0 Å². The topological polar surface area (TPSA) is 29.5 Å². The Bertz CT molecular complexity index is 305. The fourth-order valence-electron chi connectivity index (χ4n) is 2.01. The zero-order valence-electron chi connectivity index (χ0n) is 11.7. The first-order valence-electron chi connectivity index (χ1n) is 7.12. The Morgan fingerprint density at radius 1 is 1.06 bits per heavy atom. The molecule has 0 aliphatic rings. The largest absolute Gasteiger partial charge is 0.508 e. The number of phenols is 1. The van der Waals surface area contributed by atoms with E-state index in [9.17, 15) is 5.11 Å². The van der Waals surface area contributed by atoms with Crippen LogP contribution in [0.5, 0.6) is 5.75 Å². The highest BCUT2D eigenvalue weighted by Crippen LogP contribution is 2.12. The number of hydrogen-bond donors (Lipinski definition) is 1. The second kappa shape index (κ2) is 8.98. The van der Waals surface area contributed by atoms with Crippen molar-refractivity contribution in [1.29, 1.82) is 0 Å². The number of benzene rings is 1. The zero-order valence-corrected chi connectivity index (χ0v) is 11.7. The molecule has 0 aliphatic heterocycles. The Morgan fingerprint density at radius 3 is 2.39 bits per heavy atom. The van der Waals surface area contributed by atoms with Gasteiger partial charge in [0.2, 0.25) is 0 Å². The van der Waals surface area contributed by atoms with Crippen LogP contribution >= 0.6 is 0 Å². The Kier molecular flexibility index (Phi) is 7.51. The third kappa shape index (κ3) is 6.65. The van der Waals surface area contributed by atoms with Gasteiger partial charge in [-0.15, -0.1) is 0 Å². The fourth-order valence-corrected chi connectivity index (χ4v) is 2.01. The number of unbranched alkanes of at least 4 members (excludes halogenated alkanes) is 4. The summed E-state index contributed by atoms with van der Waals surface area (Å²) in [6, 6.07) is 7.37. The van der Waals surface area contributed by atoms with Crippen molar-refractivity contribution in [3.8, 4) is 5.75 Å². The van der Waals surface area contributed by atoms with Crippen LogP contribution in [0.2, 0.25) is 0 Å². The molecular weight excluding hydrogens is 224 g/mol. The van der Waals surface area contributed by atoms with Gasteiger partial charge in [0, 0.05) is 6.61 Å². The molecule has 0 saturated carbocycles. The van der Waals surface area contributed by atoms with E-state index in [0.29, 0.717) is 5.75 Å². The van der Waals surface area contributed by atoms with Crippen molar-refractivity contribution in [3.05, 3.63) is 29.8 Å². The van der Waals surface area contributed by atoms with Crippen LogP contribution in [0, 0.1) is 0 Å². The number of phenolic OH excluding ortho intramolecular Hbond substituents is 1. The molecule has 0 saturated heterocycles. The van der Waals surface area contributed by atoms with Gasteiger partial charge in [0.25, 0.3) is 0 Å². The van der Waals surface area contributed by atoms with E-state index >= 15 is 0 Å². The summed E-state index contributed by atoms with van der Waals surface area (Å²) in [5, 5.41) is 9.20. The molecule has 1 unspecified atom stereocenters. The fraction of sp³-hybridized carbons (Fsp3) is 0.625. The van der Waals surface area contributed by atoms with E-state index in [2.05, 4.69) is 13.8 Å². The first-order valence-corrected chi connectivity index (χ1v) is 7.12. The van der Waals surface area contributed by atoms with E-state index in [1.807, 2.05) is 12.1 Å². The summed E-state index contributed by atoms with van der Waals surface area (Å²) in [4.78, 5) is 0. The van der Waals surface area contributed by atoms with Gasteiger partial charge < -0.3 is 9.84 Å². The van der Waals surface area contributed by atoms with Crippen molar-refractivity contribution in [2.45, 2.75) is 58.5 Å². The molecule has 1 rings (SSSR count). The maximum Gasteiger partial charge on any atom is 0.115 e. The molecule has 2 nitrogen and oxygen atoms in total. The third-order valence-corrected chi connectivity index (χ3v) is 3.11. The second-order valence-electron chi connectivity index (χ2n) is 4.97. The van der Waals surface area contributed by atoms with Gasteiger partial charge in [0.1, 0.15) is 5.75 Å². The summed E-state index contributed by atoms with van der Waals surface area (Å²) in [6.07, 6.45) is 7.56. The predicted octanol–water partition coefficient (Wildman–Crippen LogP) is 4.31. The van der Waals surface area contributed by atoms with Crippen molar-refractivity contribution in [2.24, 2.45) is 0 Å². The smallest absolute Gasteiger partial charge is 0.115 e. The van der Waals surface area contributed by atoms with E-state index in [4.69, 9.17) is 4.74 Å². The molecule has 0 spiro atoms. The molecule has 1 aromatic rings. The molecule has 0 heterocycles. The van der Waals surface area contributed by atoms with E-state index in [1.165, 1.54) is 37.7 Å². The highest BCUT2D eigenvalue weighted by atomic mass is 16.5. The summed E-state index contributed by atoms with van der Waals surface area (Å²) in [5.41, 5.74) is 1.21. The van der Waals surface area contributed by atoms with Crippen molar-refractivity contribution >= 4 is 0 Å². The Morgan fingerprint density at radius 2 is 1.72 bits per heavy atom. The molecule has 18 heavy (non-hydrogen) atoms. The maximum absolute atomic E-state index is 9.20. The number of hydrogen-bond acceptors (Lipinski definition) is 2. The van der Waals surface area contributed by atoms with Gasteiger partial charge in [-0.3, -0.25) is 0 Å². The highest BCUT2D eigenvalue weighted by molar-refractivity contribution is 5.26. The second-order valence-corrected chi connectivity index (χ2v) is 4.97. The molecule has 2 heteroatoms. The molecule has 0 aliphatic carbocycles. The van der Waals surface area contributed by atoms with Crippen LogP contribution in [0.15, 0.2) is 24.3 Å². The molecule has 1 atom stereocenters. The van der Waals surface area contributed by atoms with Crippen molar-refractivity contribution in [2.75, 3.05) is 6.61 Å². The SMILES string of the molecule is CCCCCCCOC(C)Cc1ccc(O)cc1. The predicted molar refractivity (Wildman–Crippen MR) is 76.0 cm³/mol. The van der Waals surface area contributed by atoms with Crippen LogP contribution in [-0.4, -0.2) is 17.8 Å². The molecule has 1 aromatic carbocycles. The first kappa shape index (κ1) is 15.0. The van der Waals surface area contributed by atoms with Crippen molar-refractivity contribution < 1.29 is 9.84 Å². The normalized spacial score (nSPS) is 12.6. The Balaban J connectivity index is 2.10. The lowest BCUT2D eigenvalue weighted by molar-refractivity contribution is 0.0635. The van der Waals surface area contributed by atoms with Crippen molar-refractivity contribution in [1.82, 2.24) is 0 Å². The van der Waals surface area contributed by atoms with Crippen LogP contribution in [0.1, 0.15) is 51.5 Å². The molecule has 0 fully saturated rings. The van der Waals surface area contributed by atoms with Gasteiger partial charge >= 0.3 is 0 Å². The minimum Gasteiger partial charge on any atom is -0.508 e. The van der Waals surface area contributed by atoms with Gasteiger partial charge in [-0.1, -0.05) is 44.7 Å². The van der Waals surface area contributed by atoms with Gasteiger partial charge in [-0.05, 0) is 37.5 Å². The van der Waals surface area contributed by atoms with Crippen LogP contribution in [0.25, 0.3) is 0 Å². The zero-order chi connectivity index (χ0) is 13.2. The molecule has 0 amide bonds. The molecule has 0 bridgehead atoms. The minimum absolute atomic E-state index is 0.251. The lowest BCUT2D eigenvalue weighted by atomic mass is 10.1. The van der Waals surface area contributed by atoms with E-state index < -0.39 is 0 Å². The van der Waals surface area contributed by atoms with Gasteiger partial charge in [0.05, 0.1) is 6.10 Å². The maximum atomic E-state index is 9.20. The highest BCUT2D eigenvalue weighted by Gasteiger charge is 2.03. The monoisotopic (exact) mass is 250 g/mol. The van der Waals surface area contributed by atoms with Crippen LogP contribution in [-0.2, 0) is 11.2 Å². The average Bonchev–Trinajstić information content (AvgIpc) is 2.36. The molecule has 0 radical (unpaired) electrons. The van der Waals surface area contributed by atoms with E-state index in [-0.39, 0.29) is 6.10 Å². The molecule has 102 valence electrons. The summed E-state index contributed by atoms with van der Waals surface area (Å²) in [5.74, 6) is 0.322. The van der Waals surface area contributed by atoms with Gasteiger partial charge in [-0.25, -0.2) is 0 Å². The Labute approximate surface area is 111 Å². The first-order chi connectivity index (χ1) is 8.72. The van der Waals surface area contributed by atoms with Gasteiger partial charge in [-0.2, -0.15) is 0 Å². The quantitative estimate of drug-likeness (QED) is 0.662. The van der Waals surface area contributed by atoms with Crippen molar-refractivity contribution in [3.63, 3.8) is 0 Å². The third-order valence-electron chi connectivity index (χ3n) is 3.11. The van der Waals surface area contributed by atoms with E-state index in [0.717, 1.165) is 13.0 Å². The van der Waals surface area contributed by atoms with Crippen LogP contribution < -0.4 is 0 Å². The summed E-state index contributed by atoms with van der Waals surface area (Å²) < 4.78 is 5.79. The summed E-state index contributed by atoms with van der Waals surface area (Å²) in [7, 11) is 0. The average molecular weight is 250 g/mol. The minimum atomic E-state index is 0.251. The van der Waals surface area contributed by atoms with Crippen LogP contribution in [0.4, 0.5) is 0 Å². The Hall–Kier alpha value is -1.02. The molecule has 1 N–H and O–H groups in total. The number of ether oxygens (including phenoxy) is 1. The standard InChI is InChI=1S/C16H26O2/c1-3-4-5-6-7-12-18-14(2)13-15-8-10-16(17)11-9-15/h8-11,14,17H,3-7,12-13H2,1-2H3. The number of rotatable bonds is 9. The number of aromatic hydroxyl groups is 1. The summed E-state index contributed by atoms with van der Waals surface area (Å²) in [6.45, 7) is 5.21. The summed E-state index contributed by atoms with van der Waals surface area (Å²) >= 11 is 0. The van der Waals surface area contributed by atoms with Crippen LogP contribution in [0.3, 0.4) is 0 Å². The lowest BCUT2D eigenvalue weighted by Gasteiger charge is -2.13. The lowest BCUT2D eigenvalue weighted by Crippen LogP contribution is -2.12. The van der Waals surface area contributed by atoms with E-state index in [1.54, 1.807) is 12.1 Å². The molecular formula is C16H26O2. The molecule has 0 aromatic heterocycles.